The topological polar surface area (TPSA) is 40.5 Å². The van der Waals surface area contributed by atoms with Crippen LogP contribution in [0.25, 0.3) is 0 Å². The van der Waals surface area contributed by atoms with Gasteiger partial charge in [0.1, 0.15) is 0 Å². The van der Waals surface area contributed by atoms with Crippen LogP contribution < -0.4 is 0 Å². The number of rotatable bonds is 20. The van der Waals surface area contributed by atoms with Crippen LogP contribution in [0.1, 0.15) is 130 Å². The molecule has 0 aromatic heterocycles. The maximum Gasteiger partial charge on any atom is 0.198 e. The van der Waals surface area contributed by atoms with Crippen LogP contribution in [-0.4, -0.2) is 21.3 Å². The van der Waals surface area contributed by atoms with Gasteiger partial charge in [0.15, 0.2) is 5.69 Å². The number of unbranched alkanes of at least 4 members (excludes halogenated alkanes) is 12. The molecule has 29 heavy (non-hydrogen) atoms. The van der Waals surface area contributed by atoms with Crippen LogP contribution in [0.5, 0.6) is 0 Å². The summed E-state index contributed by atoms with van der Waals surface area (Å²) < 4.78 is 0. The molecular formula is C24H53O2PS2. The second kappa shape index (κ2) is 19.7. The van der Waals surface area contributed by atoms with E-state index >= 15 is 0 Å². The monoisotopic (exact) mass is 468 g/mol. The van der Waals surface area contributed by atoms with Gasteiger partial charge in [-0.25, -0.2) is 0 Å². The number of hydrogen-bond donors (Lipinski definition) is 3. The van der Waals surface area contributed by atoms with E-state index in [2.05, 4.69) is 39.9 Å². The first-order chi connectivity index (χ1) is 13.8. The molecule has 0 aromatic carbocycles. The molecule has 0 spiro atoms. The van der Waals surface area contributed by atoms with Crippen LogP contribution in [-0.2, 0) is 10.1 Å². The lowest BCUT2D eigenvalue weighted by Gasteiger charge is -2.23. The molecule has 0 aliphatic heterocycles. The second-order valence-electron chi connectivity index (χ2n) is 9.34. The quantitative estimate of drug-likeness (QED) is 0.0949. The Morgan fingerprint density at radius 1 is 0.621 bits per heavy atom. The fraction of sp³-hybridized carbons (Fsp3) is 1.00. The Morgan fingerprint density at radius 3 is 1.24 bits per heavy atom. The molecular weight excluding hydrogens is 415 g/mol. The summed E-state index contributed by atoms with van der Waals surface area (Å²) in [4.78, 5) is 20.6. The standard InChI is InChI=1S/C24H53O2PS2/c1-5-7-9-11-13-15-17-19-23(3)21-29(27(25,26)28)22-24(4)20-18-16-14-12-10-8-6-2/h23-26,28H,5-22H2,1-4H3. The minimum Gasteiger partial charge on any atom is -0.341 e. The zero-order chi connectivity index (χ0) is 22.0. The summed E-state index contributed by atoms with van der Waals surface area (Å²) in [5.74, 6) is 3.04. The Hall–Kier alpha value is 1.05. The first kappa shape index (κ1) is 30.0. The molecule has 2 nitrogen and oxygen atoms in total. The summed E-state index contributed by atoms with van der Waals surface area (Å²) in [5, 5.41) is 0. The van der Waals surface area contributed by atoms with E-state index in [1.165, 1.54) is 103 Å². The van der Waals surface area contributed by atoms with E-state index in [0.717, 1.165) is 11.5 Å². The number of hydrogen-bond acceptors (Lipinski definition) is 0. The van der Waals surface area contributed by atoms with Crippen LogP contribution in [0, 0.1) is 11.8 Å². The van der Waals surface area contributed by atoms with Crippen molar-refractivity contribution in [2.45, 2.75) is 130 Å². The molecule has 0 amide bonds. The highest BCUT2D eigenvalue weighted by molar-refractivity contribution is 8.65. The van der Waals surface area contributed by atoms with Gasteiger partial charge in [-0.15, -0.1) is 10.1 Å². The lowest BCUT2D eigenvalue weighted by molar-refractivity contribution is 0.496. The van der Waals surface area contributed by atoms with Crippen molar-refractivity contribution in [3.63, 3.8) is 0 Å². The van der Waals surface area contributed by atoms with Gasteiger partial charge in [-0.2, -0.15) is 0 Å². The lowest BCUT2D eigenvalue weighted by Crippen LogP contribution is -2.16. The van der Waals surface area contributed by atoms with E-state index in [0.29, 0.717) is 11.8 Å². The van der Waals surface area contributed by atoms with Crippen molar-refractivity contribution < 1.29 is 9.79 Å². The molecule has 0 rings (SSSR count). The highest BCUT2D eigenvalue weighted by Gasteiger charge is 2.17. The van der Waals surface area contributed by atoms with E-state index in [-0.39, 0.29) is 10.1 Å². The van der Waals surface area contributed by atoms with Gasteiger partial charge in [-0.1, -0.05) is 130 Å². The van der Waals surface area contributed by atoms with Crippen LogP contribution in [0.15, 0.2) is 0 Å². The van der Waals surface area contributed by atoms with Crippen molar-refractivity contribution in [1.29, 1.82) is 0 Å². The van der Waals surface area contributed by atoms with E-state index in [1.54, 1.807) is 0 Å². The van der Waals surface area contributed by atoms with E-state index < -0.39 is 5.69 Å². The summed E-state index contributed by atoms with van der Waals surface area (Å²) in [7, 11) is -0.339. The van der Waals surface area contributed by atoms with Crippen LogP contribution in [0.2, 0.25) is 0 Å². The summed E-state index contributed by atoms with van der Waals surface area (Å²) >= 11 is 4.25. The average Bonchev–Trinajstić information content (AvgIpc) is 2.65. The first-order valence-electron chi connectivity index (χ1n) is 12.6. The third-order valence-corrected chi connectivity index (χ3v) is 13.6. The lowest BCUT2D eigenvalue weighted by atomic mass is 10.0. The number of thiol groups is 1. The molecule has 0 heterocycles. The molecule has 0 radical (unpaired) electrons. The molecule has 0 aliphatic rings. The van der Waals surface area contributed by atoms with E-state index in [9.17, 15) is 9.79 Å². The smallest absolute Gasteiger partial charge is 0.198 e. The van der Waals surface area contributed by atoms with Gasteiger partial charge >= 0.3 is 0 Å². The van der Waals surface area contributed by atoms with Crippen molar-refractivity contribution in [2.75, 3.05) is 11.5 Å². The van der Waals surface area contributed by atoms with Gasteiger partial charge in [-0.3, -0.25) is 0 Å². The maximum absolute atomic E-state index is 10.3. The van der Waals surface area contributed by atoms with Crippen molar-refractivity contribution in [3.05, 3.63) is 0 Å². The van der Waals surface area contributed by atoms with Gasteiger partial charge in [0, 0.05) is 0 Å². The summed E-state index contributed by atoms with van der Waals surface area (Å²) in [5.41, 5.74) is -3.03. The molecule has 5 heteroatoms. The fourth-order valence-corrected chi connectivity index (χ4v) is 10.1. The van der Waals surface area contributed by atoms with Crippen molar-refractivity contribution >= 4 is 28.0 Å². The van der Waals surface area contributed by atoms with E-state index in [1.807, 2.05) is 0 Å². The van der Waals surface area contributed by atoms with Gasteiger partial charge in [0.2, 0.25) is 0 Å². The second-order valence-corrected chi connectivity index (χ2v) is 17.5. The van der Waals surface area contributed by atoms with Gasteiger partial charge in [0.25, 0.3) is 0 Å². The predicted octanol–water partition coefficient (Wildman–Crippen LogP) is 8.75. The van der Waals surface area contributed by atoms with Gasteiger partial charge in [-0.05, 0) is 36.2 Å². The molecule has 0 fully saturated rings. The Kier molecular flexibility index (Phi) is 20.4. The molecule has 0 saturated heterocycles. The highest BCUT2D eigenvalue weighted by atomic mass is 32.9. The van der Waals surface area contributed by atoms with Crippen molar-refractivity contribution in [1.82, 2.24) is 0 Å². The average molecular weight is 469 g/mol. The Balaban J connectivity index is 4.11. The molecule has 0 aliphatic carbocycles. The van der Waals surface area contributed by atoms with E-state index in [4.69, 9.17) is 0 Å². The van der Waals surface area contributed by atoms with Crippen LogP contribution in [0.3, 0.4) is 0 Å². The minimum absolute atomic E-state index is 0.339. The molecule has 2 unspecified atom stereocenters. The molecule has 178 valence electrons. The Labute approximate surface area is 191 Å². The summed E-state index contributed by atoms with van der Waals surface area (Å²) in [6, 6.07) is 0. The minimum atomic E-state index is -3.03. The van der Waals surface area contributed by atoms with Crippen LogP contribution in [0.4, 0.5) is 0 Å². The third kappa shape index (κ3) is 19.5. The van der Waals surface area contributed by atoms with Gasteiger partial charge < -0.3 is 9.79 Å². The van der Waals surface area contributed by atoms with Gasteiger partial charge in [0.05, 0.1) is 0 Å². The SMILES string of the molecule is CCCCCCCCCC(C)CS(CC(C)CCCCCCCCC)=P(O)(O)S. The zero-order valence-electron chi connectivity index (χ0n) is 20.1. The maximum atomic E-state index is 10.3. The van der Waals surface area contributed by atoms with Crippen molar-refractivity contribution in [3.8, 4) is 0 Å². The third-order valence-electron chi connectivity index (χ3n) is 5.90. The first-order valence-corrected chi connectivity index (χ1v) is 17.6. The predicted molar refractivity (Wildman–Crippen MR) is 141 cm³/mol. The normalized spacial score (nSPS) is 15.4. The highest BCUT2D eigenvalue weighted by Crippen LogP contribution is 2.48. The Bertz CT molecular complexity index is 387. The molecule has 2 N–H and O–H groups in total. The molecule has 0 aromatic rings. The fourth-order valence-electron chi connectivity index (χ4n) is 3.99. The summed E-state index contributed by atoms with van der Waals surface area (Å²) in [6.07, 6.45) is 21.3. The Morgan fingerprint density at radius 2 is 0.931 bits per heavy atom. The zero-order valence-corrected chi connectivity index (χ0v) is 22.7. The van der Waals surface area contributed by atoms with Crippen molar-refractivity contribution in [2.24, 2.45) is 11.8 Å². The molecule has 0 saturated carbocycles. The molecule has 0 bridgehead atoms. The largest absolute Gasteiger partial charge is 0.341 e. The summed E-state index contributed by atoms with van der Waals surface area (Å²) in [6.45, 7) is 9.12. The molecule has 2 atom stereocenters. The van der Waals surface area contributed by atoms with Crippen LogP contribution >= 0.6 is 17.9 Å².